The molecule has 1 amide bonds. The Morgan fingerprint density at radius 2 is 2.30 bits per heavy atom. The zero-order chi connectivity index (χ0) is 14.1. The molecule has 2 heterocycles. The zero-order valence-corrected chi connectivity index (χ0v) is 11.7. The molecule has 20 heavy (non-hydrogen) atoms. The number of para-hydroxylation sites is 1. The van der Waals surface area contributed by atoms with Crippen molar-refractivity contribution in [2.75, 3.05) is 10.2 Å². The number of anilines is 3. The molecular weight excluding hydrogens is 274 g/mol. The van der Waals surface area contributed by atoms with Crippen molar-refractivity contribution in [2.24, 2.45) is 0 Å². The van der Waals surface area contributed by atoms with Gasteiger partial charge in [-0.2, -0.15) is 0 Å². The van der Waals surface area contributed by atoms with Crippen molar-refractivity contribution < 1.29 is 9.59 Å². The SMILES string of the molecule is CC(=O)C1Cc2ccccc2N1c1csc(NC=O)n1. The van der Waals surface area contributed by atoms with Crippen molar-refractivity contribution in [2.45, 2.75) is 19.4 Å². The van der Waals surface area contributed by atoms with Gasteiger partial charge in [-0.05, 0) is 18.6 Å². The number of nitrogens with one attached hydrogen (secondary N) is 1. The Balaban J connectivity index is 2.03. The lowest BCUT2D eigenvalue weighted by molar-refractivity contribution is -0.118. The number of hydrogen-bond acceptors (Lipinski definition) is 5. The van der Waals surface area contributed by atoms with Crippen LogP contribution in [-0.4, -0.2) is 23.2 Å². The number of Topliss-reactive ketones (excluding diaryl/α,β-unsaturated/α-hetero) is 1. The standard InChI is InChI=1S/C14H13N3O2S/c1-9(19)12-6-10-4-2-3-5-11(10)17(12)13-7-20-14(16-13)15-8-18/h2-5,7-8,12H,6H2,1H3,(H,15,16,18). The molecule has 3 rings (SSSR count). The van der Waals surface area contributed by atoms with Crippen LogP contribution >= 0.6 is 11.3 Å². The van der Waals surface area contributed by atoms with Crippen LogP contribution in [0.25, 0.3) is 0 Å². The summed E-state index contributed by atoms with van der Waals surface area (Å²) in [7, 11) is 0. The van der Waals surface area contributed by atoms with Crippen molar-refractivity contribution >= 4 is 40.2 Å². The van der Waals surface area contributed by atoms with Gasteiger partial charge in [-0.15, -0.1) is 11.3 Å². The number of ketones is 1. The Morgan fingerprint density at radius 1 is 1.50 bits per heavy atom. The fourth-order valence-corrected chi connectivity index (χ4v) is 3.13. The number of carbonyl (C=O) groups is 2. The van der Waals surface area contributed by atoms with E-state index in [2.05, 4.69) is 10.3 Å². The first-order chi connectivity index (χ1) is 9.70. The maximum atomic E-state index is 11.9. The van der Waals surface area contributed by atoms with Crippen LogP contribution in [0.5, 0.6) is 0 Å². The number of fused-ring (bicyclic) bond motifs is 1. The molecule has 1 N–H and O–H groups in total. The zero-order valence-electron chi connectivity index (χ0n) is 10.9. The molecule has 0 fully saturated rings. The number of benzene rings is 1. The summed E-state index contributed by atoms with van der Waals surface area (Å²) in [5.74, 6) is 0.809. The molecule has 1 aliphatic heterocycles. The van der Waals surface area contributed by atoms with Crippen molar-refractivity contribution in [3.63, 3.8) is 0 Å². The predicted molar refractivity (Wildman–Crippen MR) is 78.6 cm³/mol. The highest BCUT2D eigenvalue weighted by molar-refractivity contribution is 7.14. The fourth-order valence-electron chi connectivity index (χ4n) is 2.49. The number of carbonyl (C=O) groups excluding carboxylic acids is 2. The highest BCUT2D eigenvalue weighted by atomic mass is 32.1. The molecule has 0 aliphatic carbocycles. The predicted octanol–water partition coefficient (Wildman–Crippen LogP) is 2.36. The monoisotopic (exact) mass is 287 g/mol. The molecule has 1 aliphatic rings. The van der Waals surface area contributed by atoms with E-state index in [9.17, 15) is 9.59 Å². The molecule has 0 radical (unpaired) electrons. The summed E-state index contributed by atoms with van der Waals surface area (Å²) in [6.45, 7) is 1.60. The van der Waals surface area contributed by atoms with Crippen molar-refractivity contribution in [1.29, 1.82) is 0 Å². The van der Waals surface area contributed by atoms with Crippen LogP contribution in [0.4, 0.5) is 16.6 Å². The van der Waals surface area contributed by atoms with Crippen LogP contribution in [-0.2, 0) is 16.0 Å². The molecule has 0 saturated heterocycles. The van der Waals surface area contributed by atoms with E-state index in [0.717, 1.165) is 11.3 Å². The molecule has 1 atom stereocenters. The molecule has 1 aromatic heterocycles. The van der Waals surface area contributed by atoms with Gasteiger partial charge in [-0.25, -0.2) is 4.98 Å². The Hall–Kier alpha value is -2.21. The minimum Gasteiger partial charge on any atom is -0.315 e. The van der Waals surface area contributed by atoms with Gasteiger partial charge in [-0.1, -0.05) is 18.2 Å². The van der Waals surface area contributed by atoms with Crippen LogP contribution in [0.1, 0.15) is 12.5 Å². The van der Waals surface area contributed by atoms with Gasteiger partial charge in [0.1, 0.15) is 5.82 Å². The van der Waals surface area contributed by atoms with Crippen molar-refractivity contribution in [3.8, 4) is 0 Å². The lowest BCUT2D eigenvalue weighted by atomic mass is 10.1. The van der Waals surface area contributed by atoms with Gasteiger partial charge in [0.15, 0.2) is 10.9 Å². The van der Waals surface area contributed by atoms with Gasteiger partial charge in [-0.3, -0.25) is 9.59 Å². The van der Waals surface area contributed by atoms with E-state index in [4.69, 9.17) is 0 Å². The van der Waals surface area contributed by atoms with Crippen LogP contribution in [0.15, 0.2) is 29.6 Å². The Bertz CT molecular complexity index is 668. The highest BCUT2D eigenvalue weighted by Crippen LogP contribution is 2.39. The fraction of sp³-hybridized carbons (Fsp3) is 0.214. The van der Waals surface area contributed by atoms with Gasteiger partial charge in [0.05, 0.1) is 6.04 Å². The molecule has 102 valence electrons. The second kappa shape index (κ2) is 5.05. The van der Waals surface area contributed by atoms with Crippen LogP contribution < -0.4 is 10.2 Å². The first-order valence-electron chi connectivity index (χ1n) is 6.24. The Morgan fingerprint density at radius 3 is 3.05 bits per heavy atom. The number of aromatic nitrogens is 1. The third-order valence-electron chi connectivity index (χ3n) is 3.37. The number of hydrogen-bond donors (Lipinski definition) is 1. The third-order valence-corrected chi connectivity index (χ3v) is 4.13. The van der Waals surface area contributed by atoms with E-state index in [1.807, 2.05) is 34.5 Å². The number of nitrogens with zero attached hydrogens (tertiary/aromatic N) is 2. The summed E-state index contributed by atoms with van der Waals surface area (Å²) < 4.78 is 0. The van der Waals surface area contributed by atoms with Crippen molar-refractivity contribution in [3.05, 3.63) is 35.2 Å². The van der Waals surface area contributed by atoms with Crippen LogP contribution in [0.2, 0.25) is 0 Å². The largest absolute Gasteiger partial charge is 0.315 e. The van der Waals surface area contributed by atoms with E-state index in [1.54, 1.807) is 6.92 Å². The Labute approximate surface area is 120 Å². The average molecular weight is 287 g/mol. The number of thiazole rings is 1. The molecule has 0 saturated carbocycles. The van der Waals surface area contributed by atoms with E-state index >= 15 is 0 Å². The number of amides is 1. The molecule has 0 spiro atoms. The molecule has 1 unspecified atom stereocenters. The second-order valence-corrected chi connectivity index (χ2v) is 5.46. The van der Waals surface area contributed by atoms with E-state index in [0.29, 0.717) is 23.8 Å². The van der Waals surface area contributed by atoms with Gasteiger partial charge < -0.3 is 10.2 Å². The summed E-state index contributed by atoms with van der Waals surface area (Å²) in [5, 5.41) is 4.92. The quantitative estimate of drug-likeness (QED) is 0.877. The van der Waals surface area contributed by atoms with E-state index in [1.165, 1.54) is 11.3 Å². The van der Waals surface area contributed by atoms with Gasteiger partial charge in [0.25, 0.3) is 0 Å². The minimum absolute atomic E-state index is 0.110. The van der Waals surface area contributed by atoms with Crippen LogP contribution in [0.3, 0.4) is 0 Å². The van der Waals surface area contributed by atoms with Gasteiger partial charge in [0, 0.05) is 17.5 Å². The summed E-state index contributed by atoms with van der Waals surface area (Å²) in [6.07, 6.45) is 1.29. The lowest BCUT2D eigenvalue weighted by Crippen LogP contribution is -2.33. The summed E-state index contributed by atoms with van der Waals surface area (Å²) in [5.41, 5.74) is 2.15. The topological polar surface area (TPSA) is 62.3 Å². The van der Waals surface area contributed by atoms with E-state index < -0.39 is 0 Å². The first-order valence-corrected chi connectivity index (χ1v) is 7.12. The summed E-state index contributed by atoms with van der Waals surface area (Å²) >= 11 is 1.34. The molecule has 1 aromatic carbocycles. The van der Waals surface area contributed by atoms with Crippen molar-refractivity contribution in [1.82, 2.24) is 4.98 Å². The summed E-state index contributed by atoms with van der Waals surface area (Å²) in [6, 6.07) is 7.72. The molecule has 5 nitrogen and oxygen atoms in total. The van der Waals surface area contributed by atoms with Gasteiger partial charge in [0.2, 0.25) is 6.41 Å². The maximum absolute atomic E-state index is 11.9. The van der Waals surface area contributed by atoms with Gasteiger partial charge >= 0.3 is 0 Å². The minimum atomic E-state index is -0.224. The number of rotatable bonds is 4. The van der Waals surface area contributed by atoms with Crippen LogP contribution in [0, 0.1) is 0 Å². The first kappa shape index (κ1) is 12.8. The molecular formula is C14H13N3O2S. The molecule has 2 aromatic rings. The third kappa shape index (κ3) is 2.08. The molecule has 0 bridgehead atoms. The Kier molecular flexibility index (Phi) is 3.23. The summed E-state index contributed by atoms with van der Waals surface area (Å²) in [4.78, 5) is 28.7. The van der Waals surface area contributed by atoms with E-state index in [-0.39, 0.29) is 11.8 Å². The maximum Gasteiger partial charge on any atom is 0.213 e. The normalized spacial score (nSPS) is 16.9. The second-order valence-electron chi connectivity index (χ2n) is 4.60. The average Bonchev–Trinajstić information content (AvgIpc) is 3.02. The lowest BCUT2D eigenvalue weighted by Gasteiger charge is -2.23. The highest BCUT2D eigenvalue weighted by Gasteiger charge is 2.34. The molecule has 6 heteroatoms. The smallest absolute Gasteiger partial charge is 0.213 e.